The Balaban J connectivity index is 2.03. The summed E-state index contributed by atoms with van der Waals surface area (Å²) in [4.78, 5) is 1.32. The lowest BCUT2D eigenvalue weighted by Crippen LogP contribution is -2.18. The Hall–Kier alpha value is -1.48. The van der Waals surface area contributed by atoms with Crippen LogP contribution in [0, 0.1) is 0 Å². The van der Waals surface area contributed by atoms with Crippen LogP contribution in [-0.4, -0.2) is 13.1 Å². The van der Waals surface area contributed by atoms with E-state index in [-0.39, 0.29) is 0 Å². The van der Waals surface area contributed by atoms with Crippen LogP contribution in [0.25, 0.3) is 10.4 Å². The maximum atomic E-state index is 3.41. The number of rotatable bonds is 1. The molecule has 0 atom stereocenters. The van der Waals surface area contributed by atoms with Crippen molar-refractivity contribution in [2.45, 2.75) is 0 Å². The second kappa shape index (κ2) is 3.59. The summed E-state index contributed by atoms with van der Waals surface area (Å²) >= 11 is 1.81. The van der Waals surface area contributed by atoms with Gasteiger partial charge < -0.3 is 10.6 Å². The Morgan fingerprint density at radius 3 is 2.60 bits per heavy atom. The third kappa shape index (κ3) is 1.59. The number of hydrogen-bond donors (Lipinski definition) is 2. The zero-order valence-electron chi connectivity index (χ0n) is 8.29. The molecule has 1 aromatic carbocycles. The minimum Gasteiger partial charge on any atom is -0.381 e. The molecule has 3 heteroatoms. The highest BCUT2D eigenvalue weighted by Gasteiger charge is 2.12. The van der Waals surface area contributed by atoms with E-state index in [9.17, 15) is 0 Å². The quantitative estimate of drug-likeness (QED) is 0.764. The van der Waals surface area contributed by atoms with E-state index in [2.05, 4.69) is 41.0 Å². The van der Waals surface area contributed by atoms with Gasteiger partial charge in [0, 0.05) is 18.0 Å². The standard InChI is InChI=1S/C12H12N2S/c1-2-4-9(5-3-1)11-8-10-12(15-11)14-7-6-13-10/h1-5,8,13-14H,6-7H2. The third-order valence-electron chi connectivity index (χ3n) is 2.52. The molecule has 0 radical (unpaired) electrons. The van der Waals surface area contributed by atoms with Gasteiger partial charge in [-0.3, -0.25) is 0 Å². The lowest BCUT2D eigenvalue weighted by Gasteiger charge is -2.14. The first kappa shape index (κ1) is 8.80. The molecule has 2 heterocycles. The van der Waals surface area contributed by atoms with Crippen LogP contribution in [0.15, 0.2) is 36.4 Å². The van der Waals surface area contributed by atoms with E-state index in [0.717, 1.165) is 13.1 Å². The fraction of sp³-hybridized carbons (Fsp3) is 0.167. The summed E-state index contributed by atoms with van der Waals surface area (Å²) in [6.07, 6.45) is 0. The number of thiophene rings is 1. The lowest BCUT2D eigenvalue weighted by molar-refractivity contribution is 1.06. The second-order valence-electron chi connectivity index (χ2n) is 3.57. The highest BCUT2D eigenvalue weighted by atomic mass is 32.1. The van der Waals surface area contributed by atoms with Crippen LogP contribution in [0.3, 0.4) is 0 Å². The first-order valence-electron chi connectivity index (χ1n) is 5.10. The summed E-state index contributed by atoms with van der Waals surface area (Å²) in [5.41, 5.74) is 2.53. The SMILES string of the molecule is c1ccc(-c2cc3c(s2)NCCN3)cc1. The van der Waals surface area contributed by atoms with E-state index in [1.54, 1.807) is 0 Å². The van der Waals surface area contributed by atoms with Gasteiger partial charge in [0.15, 0.2) is 0 Å². The average molecular weight is 216 g/mol. The predicted octanol–water partition coefficient (Wildman–Crippen LogP) is 3.25. The van der Waals surface area contributed by atoms with Crippen LogP contribution in [0.4, 0.5) is 10.7 Å². The molecule has 2 nitrogen and oxygen atoms in total. The summed E-state index contributed by atoms with van der Waals surface area (Å²) in [7, 11) is 0. The molecule has 3 rings (SSSR count). The largest absolute Gasteiger partial charge is 0.381 e. The molecule has 2 N–H and O–H groups in total. The first-order valence-corrected chi connectivity index (χ1v) is 5.92. The van der Waals surface area contributed by atoms with Gasteiger partial charge in [-0.15, -0.1) is 11.3 Å². The van der Waals surface area contributed by atoms with Crippen LogP contribution in [0.1, 0.15) is 0 Å². The maximum Gasteiger partial charge on any atom is 0.113 e. The maximum absolute atomic E-state index is 3.41. The highest BCUT2D eigenvalue weighted by Crippen LogP contribution is 2.39. The van der Waals surface area contributed by atoms with Crippen LogP contribution in [0.2, 0.25) is 0 Å². The van der Waals surface area contributed by atoms with Crippen molar-refractivity contribution in [1.82, 2.24) is 0 Å². The highest BCUT2D eigenvalue weighted by molar-refractivity contribution is 7.20. The number of fused-ring (bicyclic) bond motifs is 1. The average Bonchev–Trinajstić information content (AvgIpc) is 2.74. The summed E-state index contributed by atoms with van der Waals surface area (Å²) in [6, 6.07) is 12.7. The number of anilines is 2. The minimum absolute atomic E-state index is 1.01. The van der Waals surface area contributed by atoms with Gasteiger partial charge in [0.1, 0.15) is 5.00 Å². The van der Waals surface area contributed by atoms with Gasteiger partial charge in [0.05, 0.1) is 5.69 Å². The summed E-state index contributed by atoms with van der Waals surface area (Å²) in [6.45, 7) is 2.03. The van der Waals surface area contributed by atoms with Crippen LogP contribution in [-0.2, 0) is 0 Å². The fourth-order valence-corrected chi connectivity index (χ4v) is 2.84. The molecule has 0 bridgehead atoms. The van der Waals surface area contributed by atoms with Crippen LogP contribution in [0.5, 0.6) is 0 Å². The van der Waals surface area contributed by atoms with E-state index < -0.39 is 0 Å². The van der Waals surface area contributed by atoms with Crippen molar-refractivity contribution in [2.75, 3.05) is 23.7 Å². The number of nitrogens with one attached hydrogen (secondary N) is 2. The van der Waals surface area contributed by atoms with Crippen molar-refractivity contribution in [1.29, 1.82) is 0 Å². The van der Waals surface area contributed by atoms with Gasteiger partial charge in [-0.1, -0.05) is 30.3 Å². The van der Waals surface area contributed by atoms with Crippen molar-refractivity contribution in [3.8, 4) is 10.4 Å². The molecular formula is C12H12N2S. The Morgan fingerprint density at radius 2 is 1.80 bits per heavy atom. The topological polar surface area (TPSA) is 24.1 Å². The minimum atomic E-state index is 1.01. The fourth-order valence-electron chi connectivity index (χ4n) is 1.77. The van der Waals surface area contributed by atoms with Gasteiger partial charge >= 0.3 is 0 Å². The van der Waals surface area contributed by atoms with Crippen molar-refractivity contribution >= 4 is 22.0 Å². The zero-order chi connectivity index (χ0) is 10.1. The molecule has 0 saturated carbocycles. The van der Waals surface area contributed by atoms with Crippen molar-refractivity contribution in [3.05, 3.63) is 36.4 Å². The Morgan fingerprint density at radius 1 is 1.00 bits per heavy atom. The molecule has 0 unspecified atom stereocenters. The normalized spacial score (nSPS) is 13.9. The molecular weight excluding hydrogens is 204 g/mol. The van der Waals surface area contributed by atoms with Crippen molar-refractivity contribution in [2.24, 2.45) is 0 Å². The molecule has 0 aliphatic carbocycles. The summed E-state index contributed by atoms with van der Waals surface area (Å²) < 4.78 is 0. The van der Waals surface area contributed by atoms with Crippen LogP contribution >= 0.6 is 11.3 Å². The van der Waals surface area contributed by atoms with Gasteiger partial charge in [-0.2, -0.15) is 0 Å². The van der Waals surface area contributed by atoms with Gasteiger partial charge in [-0.25, -0.2) is 0 Å². The first-order chi connectivity index (χ1) is 7.43. The van der Waals surface area contributed by atoms with E-state index in [4.69, 9.17) is 0 Å². The molecule has 76 valence electrons. The third-order valence-corrected chi connectivity index (χ3v) is 3.66. The van der Waals surface area contributed by atoms with Gasteiger partial charge in [0.25, 0.3) is 0 Å². The molecule has 1 aliphatic rings. The van der Waals surface area contributed by atoms with Gasteiger partial charge in [-0.05, 0) is 11.6 Å². The van der Waals surface area contributed by atoms with Gasteiger partial charge in [0.2, 0.25) is 0 Å². The molecule has 2 aromatic rings. The molecule has 0 saturated heterocycles. The summed E-state index contributed by atoms with van der Waals surface area (Å²) in [5.74, 6) is 0. The molecule has 0 amide bonds. The molecule has 1 aliphatic heterocycles. The Bertz CT molecular complexity index is 438. The monoisotopic (exact) mass is 216 g/mol. The number of hydrogen-bond acceptors (Lipinski definition) is 3. The lowest BCUT2D eigenvalue weighted by atomic mass is 10.2. The van der Waals surface area contributed by atoms with E-state index >= 15 is 0 Å². The second-order valence-corrected chi connectivity index (χ2v) is 4.63. The zero-order valence-corrected chi connectivity index (χ0v) is 9.10. The summed E-state index contributed by atoms with van der Waals surface area (Å²) in [5, 5.41) is 8.07. The Labute approximate surface area is 93.0 Å². The van der Waals surface area contributed by atoms with Crippen molar-refractivity contribution < 1.29 is 0 Å². The molecule has 1 aromatic heterocycles. The van der Waals surface area contributed by atoms with E-state index in [1.165, 1.54) is 21.1 Å². The Kier molecular flexibility index (Phi) is 2.10. The molecule has 0 fully saturated rings. The van der Waals surface area contributed by atoms with E-state index in [1.807, 2.05) is 17.4 Å². The van der Waals surface area contributed by atoms with Crippen molar-refractivity contribution in [3.63, 3.8) is 0 Å². The molecule has 0 spiro atoms. The van der Waals surface area contributed by atoms with E-state index in [0.29, 0.717) is 0 Å². The predicted molar refractivity (Wildman–Crippen MR) is 66.7 cm³/mol. The smallest absolute Gasteiger partial charge is 0.113 e. The number of benzene rings is 1. The molecule has 15 heavy (non-hydrogen) atoms. The van der Waals surface area contributed by atoms with Crippen LogP contribution < -0.4 is 10.6 Å².